The molecule has 1 fully saturated rings. The molecule has 2 aromatic rings. The van der Waals surface area contributed by atoms with Crippen LogP contribution in [0.3, 0.4) is 0 Å². The molecule has 0 spiro atoms. The zero-order valence-electron chi connectivity index (χ0n) is 15.0. The molecule has 9 heteroatoms. The van der Waals surface area contributed by atoms with Crippen molar-refractivity contribution in [2.45, 2.75) is 20.0 Å². The van der Waals surface area contributed by atoms with Crippen LogP contribution in [-0.4, -0.2) is 63.8 Å². The molecule has 1 aliphatic heterocycles. The summed E-state index contributed by atoms with van der Waals surface area (Å²) in [6.45, 7) is 7.74. The summed E-state index contributed by atoms with van der Waals surface area (Å²) in [6, 6.07) is 4.33. The van der Waals surface area contributed by atoms with Crippen LogP contribution in [-0.2, 0) is 20.1 Å². The number of hydrogen-bond donors (Lipinski definition) is 1. The molecule has 7 nitrogen and oxygen atoms in total. The van der Waals surface area contributed by atoms with Gasteiger partial charge in [-0.2, -0.15) is 0 Å². The molecule has 0 aromatic carbocycles. The first-order chi connectivity index (χ1) is 11.7. The average Bonchev–Trinajstić information content (AvgIpc) is 3.21. The van der Waals surface area contributed by atoms with Crippen molar-refractivity contribution in [1.29, 1.82) is 0 Å². The van der Waals surface area contributed by atoms with Gasteiger partial charge in [0.15, 0.2) is 11.8 Å². The average molecular weight is 475 g/mol. The fraction of sp³-hybridized carbons (Fsp3) is 0.562. The van der Waals surface area contributed by atoms with Crippen LogP contribution in [0.25, 0.3) is 0 Å². The largest absolute Gasteiger partial charge is 0.349 e. The first kappa shape index (κ1) is 20.1. The zero-order valence-corrected chi connectivity index (χ0v) is 18.1. The molecule has 138 valence electrons. The molecule has 0 amide bonds. The molecule has 1 aliphatic rings. The molecule has 3 rings (SSSR count). The predicted octanol–water partition coefficient (Wildman–Crippen LogP) is 1.70. The van der Waals surface area contributed by atoms with Crippen LogP contribution in [0.15, 0.2) is 22.5 Å². The number of halogens is 1. The van der Waals surface area contributed by atoms with Crippen molar-refractivity contribution in [3.8, 4) is 0 Å². The highest BCUT2D eigenvalue weighted by atomic mass is 127. The van der Waals surface area contributed by atoms with Crippen molar-refractivity contribution >= 4 is 41.3 Å². The number of aryl methyl sites for hydroxylation is 1. The summed E-state index contributed by atoms with van der Waals surface area (Å²) in [4.78, 5) is 10.7. The Morgan fingerprint density at radius 1 is 1.28 bits per heavy atom. The van der Waals surface area contributed by atoms with Crippen LogP contribution in [0.5, 0.6) is 0 Å². The lowest BCUT2D eigenvalue weighted by atomic mass is 10.3. The number of hydrogen-bond acceptors (Lipinski definition) is 5. The molecular formula is C16H26IN7S. The highest BCUT2D eigenvalue weighted by molar-refractivity contribution is 14.0. The van der Waals surface area contributed by atoms with Crippen LogP contribution in [0.2, 0.25) is 0 Å². The fourth-order valence-electron chi connectivity index (χ4n) is 2.84. The van der Waals surface area contributed by atoms with Gasteiger partial charge in [-0.25, -0.2) is 0 Å². The Kier molecular flexibility index (Phi) is 7.63. The van der Waals surface area contributed by atoms with Crippen molar-refractivity contribution in [1.82, 2.24) is 29.9 Å². The second kappa shape index (κ2) is 9.48. The highest BCUT2D eigenvalue weighted by Crippen LogP contribution is 2.13. The summed E-state index contributed by atoms with van der Waals surface area (Å²) in [5.41, 5.74) is 0. The summed E-state index contributed by atoms with van der Waals surface area (Å²) < 4.78 is 2.00. The topological polar surface area (TPSA) is 61.6 Å². The number of guanidine groups is 1. The summed E-state index contributed by atoms with van der Waals surface area (Å²) >= 11 is 1.83. The summed E-state index contributed by atoms with van der Waals surface area (Å²) in [6.07, 6.45) is 0. The van der Waals surface area contributed by atoms with Crippen LogP contribution < -0.4 is 5.32 Å². The number of piperazine rings is 1. The van der Waals surface area contributed by atoms with Gasteiger partial charge < -0.3 is 14.8 Å². The van der Waals surface area contributed by atoms with E-state index in [-0.39, 0.29) is 24.0 Å². The summed E-state index contributed by atoms with van der Waals surface area (Å²) in [7, 11) is 3.82. The first-order valence-corrected chi connectivity index (χ1v) is 9.10. The molecular weight excluding hydrogens is 449 g/mol. The Bertz CT molecular complexity index is 675. The molecule has 1 saturated heterocycles. The lowest BCUT2D eigenvalue weighted by Crippen LogP contribution is -2.52. The van der Waals surface area contributed by atoms with E-state index in [9.17, 15) is 0 Å². The van der Waals surface area contributed by atoms with Gasteiger partial charge in [0.25, 0.3) is 0 Å². The lowest BCUT2D eigenvalue weighted by molar-refractivity contribution is 0.173. The van der Waals surface area contributed by atoms with Crippen LogP contribution in [0.1, 0.15) is 16.5 Å². The number of aliphatic imine (C=N–C) groups is 1. The van der Waals surface area contributed by atoms with Crippen LogP contribution in [0.4, 0.5) is 0 Å². The predicted molar refractivity (Wildman–Crippen MR) is 113 cm³/mol. The zero-order chi connectivity index (χ0) is 16.9. The number of thiophene rings is 1. The van der Waals surface area contributed by atoms with Crippen molar-refractivity contribution in [3.63, 3.8) is 0 Å². The SMILES string of the molecule is CN=C(NCc1nnc(C)n1C)N1CCN(Cc2cccs2)CC1.I. The second-order valence-corrected chi connectivity index (χ2v) is 7.00. The fourth-order valence-corrected chi connectivity index (χ4v) is 3.58. The van der Waals surface area contributed by atoms with E-state index in [4.69, 9.17) is 0 Å². The maximum Gasteiger partial charge on any atom is 0.194 e. The van der Waals surface area contributed by atoms with Gasteiger partial charge in [0, 0.05) is 51.7 Å². The minimum atomic E-state index is 0. The van der Waals surface area contributed by atoms with Crippen LogP contribution >= 0.6 is 35.3 Å². The highest BCUT2D eigenvalue weighted by Gasteiger charge is 2.20. The van der Waals surface area contributed by atoms with Crippen LogP contribution in [0, 0.1) is 6.92 Å². The lowest BCUT2D eigenvalue weighted by Gasteiger charge is -2.36. The van der Waals surface area contributed by atoms with Gasteiger partial charge in [-0.1, -0.05) is 6.07 Å². The molecule has 25 heavy (non-hydrogen) atoms. The van der Waals surface area contributed by atoms with Crippen molar-refractivity contribution in [2.75, 3.05) is 33.2 Å². The first-order valence-electron chi connectivity index (χ1n) is 8.22. The normalized spacial score (nSPS) is 16.0. The molecule has 0 atom stereocenters. The molecule has 0 aliphatic carbocycles. The quantitative estimate of drug-likeness (QED) is 0.415. The van der Waals surface area contributed by atoms with Gasteiger partial charge in [0.1, 0.15) is 5.82 Å². The van der Waals surface area contributed by atoms with E-state index in [2.05, 4.69) is 47.8 Å². The second-order valence-electron chi connectivity index (χ2n) is 5.97. The summed E-state index contributed by atoms with van der Waals surface area (Å²) in [5.74, 6) is 2.78. The van der Waals surface area contributed by atoms with Crippen molar-refractivity contribution in [2.24, 2.45) is 12.0 Å². The third kappa shape index (κ3) is 5.14. The summed E-state index contributed by atoms with van der Waals surface area (Å²) in [5, 5.41) is 13.8. The minimum absolute atomic E-state index is 0. The Labute approximate surface area is 170 Å². The number of nitrogens with zero attached hydrogens (tertiary/aromatic N) is 6. The van der Waals surface area contributed by atoms with Crippen molar-refractivity contribution < 1.29 is 0 Å². The Hall–Kier alpha value is -1.20. The molecule has 2 aromatic heterocycles. The van der Waals surface area contributed by atoms with E-state index in [1.165, 1.54) is 4.88 Å². The third-order valence-electron chi connectivity index (χ3n) is 4.43. The third-order valence-corrected chi connectivity index (χ3v) is 5.29. The maximum absolute atomic E-state index is 4.42. The number of rotatable bonds is 4. The van der Waals surface area contributed by atoms with Gasteiger partial charge in [0.05, 0.1) is 6.54 Å². The molecule has 0 unspecified atom stereocenters. The minimum Gasteiger partial charge on any atom is -0.349 e. The van der Waals surface area contributed by atoms with E-state index < -0.39 is 0 Å². The maximum atomic E-state index is 4.42. The number of nitrogens with one attached hydrogen (secondary N) is 1. The Morgan fingerprint density at radius 3 is 2.60 bits per heavy atom. The standard InChI is InChI=1S/C16H25N7S.HI/c1-13-19-20-15(21(13)3)11-18-16(17-2)23-8-6-22(7-9-23)12-14-5-4-10-24-14;/h4-5,10H,6-9,11-12H2,1-3H3,(H,17,18);1H. The van der Waals surface area contributed by atoms with E-state index in [1.54, 1.807) is 0 Å². The molecule has 3 heterocycles. The molecule has 1 N–H and O–H groups in total. The van der Waals surface area contributed by atoms with Gasteiger partial charge in [-0.15, -0.1) is 45.5 Å². The van der Waals surface area contributed by atoms with Crippen molar-refractivity contribution in [3.05, 3.63) is 34.0 Å². The Balaban J connectivity index is 0.00000225. The van der Waals surface area contributed by atoms with Gasteiger partial charge in [-0.05, 0) is 18.4 Å². The van der Waals surface area contributed by atoms with Gasteiger partial charge >= 0.3 is 0 Å². The smallest absolute Gasteiger partial charge is 0.194 e. The number of aromatic nitrogens is 3. The van der Waals surface area contributed by atoms with E-state index in [1.807, 2.05) is 36.9 Å². The van der Waals surface area contributed by atoms with E-state index in [0.717, 1.165) is 50.3 Å². The van der Waals surface area contributed by atoms with E-state index >= 15 is 0 Å². The molecule has 0 bridgehead atoms. The molecule has 0 saturated carbocycles. The van der Waals surface area contributed by atoms with Gasteiger partial charge in [0.2, 0.25) is 0 Å². The molecule has 0 radical (unpaired) electrons. The van der Waals surface area contributed by atoms with E-state index in [0.29, 0.717) is 6.54 Å². The monoisotopic (exact) mass is 475 g/mol. The Morgan fingerprint density at radius 2 is 2.04 bits per heavy atom. The van der Waals surface area contributed by atoms with Gasteiger partial charge in [-0.3, -0.25) is 9.89 Å².